The second-order valence-corrected chi connectivity index (χ2v) is 9.84. The van der Waals surface area contributed by atoms with Crippen LogP contribution in [0.3, 0.4) is 0 Å². The Hall–Kier alpha value is -3.51. The van der Waals surface area contributed by atoms with Gasteiger partial charge in [0.15, 0.2) is 0 Å². The van der Waals surface area contributed by atoms with Gasteiger partial charge in [-0.15, -0.1) is 0 Å². The number of nitrogens with zero attached hydrogens (tertiary/aromatic N) is 2. The number of alkyl halides is 1. The van der Waals surface area contributed by atoms with Crippen molar-refractivity contribution in [2.75, 3.05) is 33.4 Å². The van der Waals surface area contributed by atoms with E-state index in [-0.39, 0.29) is 17.7 Å². The van der Waals surface area contributed by atoms with E-state index in [1.54, 1.807) is 14.0 Å². The van der Waals surface area contributed by atoms with Gasteiger partial charge in [0.05, 0.1) is 18.1 Å². The summed E-state index contributed by atoms with van der Waals surface area (Å²) in [6.07, 6.45) is 3.03. The van der Waals surface area contributed by atoms with Crippen LogP contribution in [0.2, 0.25) is 0 Å². The van der Waals surface area contributed by atoms with Gasteiger partial charge in [0, 0.05) is 62.8 Å². The zero-order chi connectivity index (χ0) is 26.9. The molecule has 1 fully saturated rings. The third kappa shape index (κ3) is 7.51. The molecule has 1 saturated heterocycles. The van der Waals surface area contributed by atoms with Gasteiger partial charge in [-0.25, -0.2) is 9.37 Å². The quantitative estimate of drug-likeness (QED) is 0.357. The summed E-state index contributed by atoms with van der Waals surface area (Å²) in [7, 11) is 1.78. The zero-order valence-electron chi connectivity index (χ0n) is 21.9. The molecule has 1 aromatic heterocycles. The molecule has 3 atom stereocenters. The van der Waals surface area contributed by atoms with E-state index in [9.17, 15) is 14.3 Å². The summed E-state index contributed by atoms with van der Waals surface area (Å²) in [5.74, 6) is 5.95. The molecule has 4 rings (SSSR count). The number of aromatic nitrogens is 2. The van der Waals surface area contributed by atoms with Crippen LogP contribution in [-0.2, 0) is 17.7 Å². The Morgan fingerprint density at radius 1 is 1.18 bits per heavy atom. The van der Waals surface area contributed by atoms with E-state index in [0.717, 1.165) is 42.7 Å². The first-order valence-electron chi connectivity index (χ1n) is 13.0. The lowest BCUT2D eigenvalue weighted by Crippen LogP contribution is -2.32. The number of rotatable bonds is 10. The van der Waals surface area contributed by atoms with Crippen LogP contribution in [0, 0.1) is 11.8 Å². The van der Waals surface area contributed by atoms with Gasteiger partial charge in [-0.05, 0) is 48.7 Å². The fraction of sp³-hybridized carbons (Fsp3) is 0.400. The topological polar surface area (TPSA) is 90.5 Å². The SMILES string of the molecule is CO[C@H]1CCN(Cc2ccc(C#Cc3ccc([C@@H](CN[C@@H](C)CF)Cc4nc[nH]c(=O)c4O)cc3)cc2)C1. The molecule has 0 aliphatic carbocycles. The largest absolute Gasteiger partial charge is 0.502 e. The second kappa shape index (κ2) is 13.3. The van der Waals surface area contributed by atoms with Crippen molar-refractivity contribution in [2.45, 2.75) is 44.4 Å². The van der Waals surface area contributed by atoms with Crippen molar-refractivity contribution in [3.63, 3.8) is 0 Å². The maximum Gasteiger partial charge on any atom is 0.293 e. The van der Waals surface area contributed by atoms with Crippen molar-refractivity contribution in [1.82, 2.24) is 20.2 Å². The Morgan fingerprint density at radius 2 is 1.87 bits per heavy atom. The molecule has 1 aliphatic rings. The average Bonchev–Trinajstić information content (AvgIpc) is 3.40. The smallest absolute Gasteiger partial charge is 0.293 e. The number of ether oxygens (including phenoxy) is 1. The number of likely N-dealkylation sites (tertiary alicyclic amines) is 1. The standard InChI is InChI=1S/C30H35FN4O3/c1-21(16-31)32-17-26(15-28-29(36)30(37)34-20-33-28)25-11-9-23(10-12-25)4-3-22-5-7-24(8-6-22)18-35-14-13-27(19-35)38-2/h5-12,20-21,26-27,32,36H,13-19H2,1-2H3,(H,33,34,37)/t21-,26+,27-/m0/s1. The number of aromatic hydroxyl groups is 1. The normalized spacial score (nSPS) is 17.1. The van der Waals surface area contributed by atoms with Crippen LogP contribution in [0.25, 0.3) is 0 Å². The molecule has 3 N–H and O–H groups in total. The summed E-state index contributed by atoms with van der Waals surface area (Å²) < 4.78 is 18.5. The van der Waals surface area contributed by atoms with Crippen LogP contribution in [-0.4, -0.2) is 65.5 Å². The number of nitrogens with one attached hydrogen (secondary N) is 2. The van der Waals surface area contributed by atoms with Crippen molar-refractivity contribution in [1.29, 1.82) is 0 Å². The molecule has 8 heteroatoms. The highest BCUT2D eigenvalue weighted by molar-refractivity contribution is 5.44. The molecule has 0 unspecified atom stereocenters. The van der Waals surface area contributed by atoms with Gasteiger partial charge < -0.3 is 20.1 Å². The minimum atomic E-state index is -0.576. The minimum absolute atomic E-state index is 0.117. The van der Waals surface area contributed by atoms with Crippen LogP contribution in [0.4, 0.5) is 4.39 Å². The first-order valence-corrected chi connectivity index (χ1v) is 13.0. The van der Waals surface area contributed by atoms with Crippen molar-refractivity contribution in [2.24, 2.45) is 0 Å². The maximum atomic E-state index is 13.0. The molecular weight excluding hydrogens is 483 g/mol. The molecule has 0 radical (unpaired) electrons. The van der Waals surface area contributed by atoms with Gasteiger partial charge in [0.25, 0.3) is 5.56 Å². The highest BCUT2D eigenvalue weighted by atomic mass is 19.1. The maximum absolute atomic E-state index is 13.0. The van der Waals surface area contributed by atoms with Gasteiger partial charge in [0.2, 0.25) is 5.75 Å². The molecular formula is C30H35FN4O3. The lowest BCUT2D eigenvalue weighted by molar-refractivity contribution is 0.107. The molecule has 3 aromatic rings. The number of aromatic amines is 1. The molecule has 0 spiro atoms. The van der Waals surface area contributed by atoms with Crippen LogP contribution in [0.1, 0.15) is 47.2 Å². The molecule has 200 valence electrons. The lowest BCUT2D eigenvalue weighted by Gasteiger charge is -2.20. The molecule has 0 amide bonds. The highest BCUT2D eigenvalue weighted by Gasteiger charge is 2.21. The number of benzene rings is 2. The fourth-order valence-electron chi connectivity index (χ4n) is 4.59. The third-order valence-corrected chi connectivity index (χ3v) is 6.94. The van der Waals surface area contributed by atoms with E-state index in [1.165, 1.54) is 11.9 Å². The first kappa shape index (κ1) is 27.5. The Labute approximate surface area is 223 Å². The Morgan fingerprint density at radius 3 is 2.50 bits per heavy atom. The van der Waals surface area contributed by atoms with Crippen molar-refractivity contribution in [3.05, 3.63) is 93.2 Å². The first-order chi connectivity index (χ1) is 18.4. The van der Waals surface area contributed by atoms with Gasteiger partial charge in [-0.1, -0.05) is 36.1 Å². The van der Waals surface area contributed by atoms with E-state index in [2.05, 4.69) is 56.3 Å². The monoisotopic (exact) mass is 518 g/mol. The van der Waals surface area contributed by atoms with Crippen LogP contribution in [0.5, 0.6) is 5.75 Å². The van der Waals surface area contributed by atoms with Crippen LogP contribution >= 0.6 is 0 Å². The Kier molecular flexibility index (Phi) is 9.66. The summed E-state index contributed by atoms with van der Waals surface area (Å²) in [6, 6.07) is 15.9. The average molecular weight is 519 g/mol. The molecule has 0 bridgehead atoms. The van der Waals surface area contributed by atoms with E-state index in [1.807, 2.05) is 24.3 Å². The summed E-state index contributed by atoms with van der Waals surface area (Å²) in [4.78, 5) is 20.7. The molecule has 1 aliphatic heterocycles. The predicted octanol–water partition coefficient (Wildman–Crippen LogP) is 3.37. The van der Waals surface area contributed by atoms with Crippen LogP contribution in [0.15, 0.2) is 59.7 Å². The Bertz CT molecular complexity index is 1300. The fourth-order valence-corrected chi connectivity index (χ4v) is 4.59. The number of methoxy groups -OCH3 is 1. The van der Waals surface area contributed by atoms with E-state index < -0.39 is 12.2 Å². The molecule has 38 heavy (non-hydrogen) atoms. The van der Waals surface area contributed by atoms with Gasteiger partial charge in [-0.3, -0.25) is 9.69 Å². The highest BCUT2D eigenvalue weighted by Crippen LogP contribution is 2.23. The molecule has 7 nitrogen and oxygen atoms in total. The summed E-state index contributed by atoms with van der Waals surface area (Å²) in [5.41, 5.74) is 3.81. The van der Waals surface area contributed by atoms with Crippen molar-refractivity contribution in [3.8, 4) is 17.6 Å². The number of halogens is 1. The molecule has 2 aromatic carbocycles. The van der Waals surface area contributed by atoms with E-state index >= 15 is 0 Å². The van der Waals surface area contributed by atoms with E-state index in [4.69, 9.17) is 4.74 Å². The van der Waals surface area contributed by atoms with Crippen LogP contribution < -0.4 is 10.9 Å². The number of hydrogen-bond donors (Lipinski definition) is 3. The molecule has 0 saturated carbocycles. The van der Waals surface area contributed by atoms with Crippen molar-refractivity contribution < 1.29 is 14.2 Å². The summed E-state index contributed by atoms with van der Waals surface area (Å²) >= 11 is 0. The van der Waals surface area contributed by atoms with Gasteiger partial charge in [-0.2, -0.15) is 0 Å². The summed E-state index contributed by atoms with van der Waals surface area (Å²) in [6.45, 7) is 4.71. The number of H-pyrrole nitrogens is 1. The van der Waals surface area contributed by atoms with Gasteiger partial charge in [0.1, 0.15) is 6.67 Å². The number of hydrogen-bond acceptors (Lipinski definition) is 6. The molecule has 2 heterocycles. The second-order valence-electron chi connectivity index (χ2n) is 9.84. The van der Waals surface area contributed by atoms with E-state index in [0.29, 0.717) is 24.8 Å². The Balaban J connectivity index is 1.42. The zero-order valence-corrected chi connectivity index (χ0v) is 21.9. The van der Waals surface area contributed by atoms with Crippen molar-refractivity contribution >= 4 is 0 Å². The summed E-state index contributed by atoms with van der Waals surface area (Å²) in [5, 5.41) is 13.3. The lowest BCUT2D eigenvalue weighted by atomic mass is 9.92. The van der Waals surface area contributed by atoms with Gasteiger partial charge >= 0.3 is 0 Å². The minimum Gasteiger partial charge on any atom is -0.502 e. The third-order valence-electron chi connectivity index (χ3n) is 6.94. The predicted molar refractivity (Wildman–Crippen MR) is 146 cm³/mol.